The van der Waals surface area contributed by atoms with E-state index in [0.717, 1.165) is 31.4 Å². The van der Waals surface area contributed by atoms with Crippen LogP contribution in [0.15, 0.2) is 12.1 Å². The zero-order chi connectivity index (χ0) is 17.7. The average Bonchev–Trinajstić information content (AvgIpc) is 2.64. The summed E-state index contributed by atoms with van der Waals surface area (Å²) < 4.78 is 40.3. The maximum atomic E-state index is 14.5. The average molecular weight is 337 g/mol. The van der Waals surface area contributed by atoms with Gasteiger partial charge in [-0.3, -0.25) is 4.79 Å². The molecular formula is C17H22BF2NO3. The maximum Gasteiger partial charge on any atom is 0.497 e. The SMILES string of the molecule is CC1(C)OB(c2cc(F)c(C(=O)NC3CCC3)cc2F)OC1(C)C. The summed E-state index contributed by atoms with van der Waals surface area (Å²) >= 11 is 0. The van der Waals surface area contributed by atoms with E-state index in [0.29, 0.717) is 0 Å². The number of carbonyl (C=O) groups is 1. The summed E-state index contributed by atoms with van der Waals surface area (Å²) in [5, 5.41) is 2.71. The summed E-state index contributed by atoms with van der Waals surface area (Å²) in [5.74, 6) is -2.08. The number of nitrogens with one attached hydrogen (secondary N) is 1. The Morgan fingerprint density at radius 1 is 1.12 bits per heavy atom. The molecule has 4 nitrogen and oxygen atoms in total. The standard InChI is InChI=1S/C17H22BF2NO3/c1-16(2)17(3,4)24-18(23-16)12-9-13(19)11(8-14(12)20)15(22)21-10-6-5-7-10/h8-10H,5-7H2,1-4H3,(H,21,22). The van der Waals surface area contributed by atoms with E-state index in [1.807, 2.05) is 27.7 Å². The predicted molar refractivity (Wildman–Crippen MR) is 87.2 cm³/mol. The molecule has 0 radical (unpaired) electrons. The molecule has 2 aliphatic rings. The molecule has 0 spiro atoms. The van der Waals surface area contributed by atoms with Crippen LogP contribution < -0.4 is 10.8 Å². The topological polar surface area (TPSA) is 47.6 Å². The normalized spacial score (nSPS) is 22.3. The molecule has 0 aromatic heterocycles. The third kappa shape index (κ3) is 2.95. The van der Waals surface area contributed by atoms with Crippen molar-refractivity contribution in [3.05, 3.63) is 29.3 Å². The van der Waals surface area contributed by atoms with Crippen LogP contribution in [0.3, 0.4) is 0 Å². The van der Waals surface area contributed by atoms with E-state index >= 15 is 0 Å². The molecule has 0 unspecified atom stereocenters. The number of halogens is 2. The van der Waals surface area contributed by atoms with Gasteiger partial charge in [-0.25, -0.2) is 8.78 Å². The Morgan fingerprint density at radius 2 is 1.71 bits per heavy atom. The second kappa shape index (κ2) is 5.81. The lowest BCUT2D eigenvalue weighted by Gasteiger charge is -2.32. The molecule has 1 aromatic rings. The first kappa shape index (κ1) is 17.4. The van der Waals surface area contributed by atoms with Crippen LogP contribution >= 0.6 is 0 Å². The van der Waals surface area contributed by atoms with Gasteiger partial charge >= 0.3 is 7.12 Å². The highest BCUT2D eigenvalue weighted by Crippen LogP contribution is 2.36. The molecule has 1 aromatic carbocycles. The fraction of sp³-hybridized carbons (Fsp3) is 0.588. The lowest BCUT2D eigenvalue weighted by molar-refractivity contribution is 0.00578. The van der Waals surface area contributed by atoms with Crippen LogP contribution in [0.4, 0.5) is 8.78 Å². The van der Waals surface area contributed by atoms with Crippen molar-refractivity contribution in [2.24, 2.45) is 0 Å². The van der Waals surface area contributed by atoms with Crippen LogP contribution in [0.5, 0.6) is 0 Å². The van der Waals surface area contributed by atoms with E-state index in [2.05, 4.69) is 5.32 Å². The minimum Gasteiger partial charge on any atom is -0.399 e. The largest absolute Gasteiger partial charge is 0.497 e. The molecule has 2 fully saturated rings. The third-order valence-electron chi connectivity index (χ3n) is 5.28. The second-order valence-electron chi connectivity index (χ2n) is 7.54. The van der Waals surface area contributed by atoms with Crippen molar-refractivity contribution >= 4 is 18.5 Å². The highest BCUT2D eigenvalue weighted by Gasteiger charge is 2.52. The first-order valence-electron chi connectivity index (χ1n) is 8.26. The van der Waals surface area contributed by atoms with Crippen LogP contribution in [0.2, 0.25) is 0 Å². The quantitative estimate of drug-likeness (QED) is 0.863. The molecule has 1 amide bonds. The van der Waals surface area contributed by atoms with Crippen molar-refractivity contribution in [1.29, 1.82) is 0 Å². The number of benzene rings is 1. The van der Waals surface area contributed by atoms with E-state index in [1.54, 1.807) is 0 Å². The molecule has 1 aliphatic carbocycles. The van der Waals surface area contributed by atoms with Gasteiger partial charge in [-0.15, -0.1) is 0 Å². The summed E-state index contributed by atoms with van der Waals surface area (Å²) in [6.07, 6.45) is 2.80. The Kier molecular flexibility index (Phi) is 4.20. The molecule has 7 heteroatoms. The zero-order valence-corrected chi connectivity index (χ0v) is 14.4. The van der Waals surface area contributed by atoms with Gasteiger partial charge in [-0.05, 0) is 59.1 Å². The van der Waals surface area contributed by atoms with Crippen molar-refractivity contribution in [3.8, 4) is 0 Å². The Labute approximate surface area is 141 Å². The minimum atomic E-state index is -1.01. The Hall–Kier alpha value is -1.47. The number of hydrogen-bond donors (Lipinski definition) is 1. The van der Waals surface area contributed by atoms with Gasteiger partial charge in [0.1, 0.15) is 11.6 Å². The number of rotatable bonds is 3. The molecule has 24 heavy (non-hydrogen) atoms. The molecule has 3 rings (SSSR count). The molecule has 1 saturated heterocycles. The van der Waals surface area contributed by atoms with E-state index in [1.165, 1.54) is 0 Å². The molecule has 1 saturated carbocycles. The van der Waals surface area contributed by atoms with Crippen LogP contribution in [0, 0.1) is 11.6 Å². The molecule has 1 aliphatic heterocycles. The lowest BCUT2D eigenvalue weighted by Crippen LogP contribution is -2.41. The second-order valence-corrected chi connectivity index (χ2v) is 7.54. The zero-order valence-electron chi connectivity index (χ0n) is 14.4. The van der Waals surface area contributed by atoms with Gasteiger partial charge in [0, 0.05) is 11.5 Å². The predicted octanol–water partition coefficient (Wildman–Crippen LogP) is 2.55. The Balaban J connectivity index is 1.84. The fourth-order valence-corrected chi connectivity index (χ4v) is 2.70. The fourth-order valence-electron chi connectivity index (χ4n) is 2.70. The van der Waals surface area contributed by atoms with Gasteiger partial charge in [-0.2, -0.15) is 0 Å². The van der Waals surface area contributed by atoms with Crippen molar-refractivity contribution in [2.45, 2.75) is 64.2 Å². The van der Waals surface area contributed by atoms with E-state index in [-0.39, 0.29) is 17.1 Å². The molecule has 1 N–H and O–H groups in total. The van der Waals surface area contributed by atoms with Gasteiger partial charge in [0.05, 0.1) is 16.8 Å². The van der Waals surface area contributed by atoms with Gasteiger partial charge in [-0.1, -0.05) is 0 Å². The highest BCUT2D eigenvalue weighted by molar-refractivity contribution is 6.62. The van der Waals surface area contributed by atoms with Gasteiger partial charge < -0.3 is 14.6 Å². The smallest absolute Gasteiger partial charge is 0.399 e. The monoisotopic (exact) mass is 337 g/mol. The number of amides is 1. The van der Waals surface area contributed by atoms with E-state index < -0.39 is 35.9 Å². The van der Waals surface area contributed by atoms with Crippen LogP contribution in [-0.4, -0.2) is 30.3 Å². The van der Waals surface area contributed by atoms with Crippen molar-refractivity contribution < 1.29 is 22.9 Å². The summed E-state index contributed by atoms with van der Waals surface area (Å²) in [6, 6.07) is 1.97. The molecule has 0 bridgehead atoms. The highest BCUT2D eigenvalue weighted by atomic mass is 19.1. The summed E-state index contributed by atoms with van der Waals surface area (Å²) in [5.41, 5.74) is -1.63. The lowest BCUT2D eigenvalue weighted by atomic mass is 9.78. The molecule has 1 heterocycles. The van der Waals surface area contributed by atoms with Crippen LogP contribution in [0.25, 0.3) is 0 Å². The van der Waals surface area contributed by atoms with Crippen molar-refractivity contribution in [3.63, 3.8) is 0 Å². The molecule has 0 atom stereocenters. The maximum absolute atomic E-state index is 14.5. The number of carbonyl (C=O) groups excluding carboxylic acids is 1. The molecule has 130 valence electrons. The van der Waals surface area contributed by atoms with Crippen molar-refractivity contribution in [1.82, 2.24) is 5.32 Å². The van der Waals surface area contributed by atoms with Crippen LogP contribution in [-0.2, 0) is 9.31 Å². The Morgan fingerprint density at radius 3 is 2.21 bits per heavy atom. The third-order valence-corrected chi connectivity index (χ3v) is 5.28. The summed E-state index contributed by atoms with van der Waals surface area (Å²) in [4.78, 5) is 12.1. The van der Waals surface area contributed by atoms with Gasteiger partial charge in [0.15, 0.2) is 0 Å². The van der Waals surface area contributed by atoms with E-state index in [4.69, 9.17) is 9.31 Å². The first-order valence-corrected chi connectivity index (χ1v) is 8.26. The van der Waals surface area contributed by atoms with Crippen LogP contribution in [0.1, 0.15) is 57.3 Å². The summed E-state index contributed by atoms with van der Waals surface area (Å²) in [6.45, 7) is 7.34. The van der Waals surface area contributed by atoms with Gasteiger partial charge in [0.25, 0.3) is 5.91 Å². The first-order chi connectivity index (χ1) is 11.1. The Bertz CT molecular complexity index is 658. The summed E-state index contributed by atoms with van der Waals surface area (Å²) in [7, 11) is -1.01. The van der Waals surface area contributed by atoms with E-state index in [9.17, 15) is 13.6 Å². The van der Waals surface area contributed by atoms with Crippen molar-refractivity contribution in [2.75, 3.05) is 0 Å². The molecular weight excluding hydrogens is 315 g/mol. The minimum absolute atomic E-state index is 0.0358. The number of hydrogen-bond acceptors (Lipinski definition) is 3. The van der Waals surface area contributed by atoms with Gasteiger partial charge in [0.2, 0.25) is 0 Å².